The number of anilines is 1. The minimum absolute atomic E-state index is 0.0442. The van der Waals surface area contributed by atoms with Crippen molar-refractivity contribution < 1.29 is 22.4 Å². The summed E-state index contributed by atoms with van der Waals surface area (Å²) in [6, 6.07) is 10.3. The van der Waals surface area contributed by atoms with Gasteiger partial charge in [-0.25, -0.2) is 4.39 Å². The van der Waals surface area contributed by atoms with E-state index in [1.807, 2.05) is 0 Å². The third kappa shape index (κ3) is 4.28. The zero-order chi connectivity index (χ0) is 19.6. The molecule has 2 aromatic carbocycles. The van der Waals surface area contributed by atoms with Crippen LogP contribution in [0.3, 0.4) is 0 Å². The third-order valence-electron chi connectivity index (χ3n) is 3.75. The molecule has 0 saturated heterocycles. The minimum atomic E-state index is -4.56. The summed E-state index contributed by atoms with van der Waals surface area (Å²) in [4.78, 5) is 12.1. The SMILES string of the molecule is O=C(Nc1ccn(Cc2c(Cl)cccc2C(F)(F)F)n1)c1ccccc1F. The van der Waals surface area contributed by atoms with Crippen LogP contribution in [-0.2, 0) is 12.7 Å². The molecule has 0 aliphatic carbocycles. The minimum Gasteiger partial charge on any atom is -0.305 e. The molecule has 0 unspecified atom stereocenters. The van der Waals surface area contributed by atoms with Crippen molar-refractivity contribution in [1.82, 2.24) is 9.78 Å². The highest BCUT2D eigenvalue weighted by atomic mass is 35.5. The average Bonchev–Trinajstić information content (AvgIpc) is 3.03. The van der Waals surface area contributed by atoms with Gasteiger partial charge in [-0.1, -0.05) is 29.8 Å². The van der Waals surface area contributed by atoms with Gasteiger partial charge in [0.1, 0.15) is 5.82 Å². The second-order valence-corrected chi connectivity index (χ2v) is 6.00. The first-order valence-corrected chi connectivity index (χ1v) is 8.07. The van der Waals surface area contributed by atoms with Crippen LogP contribution in [0.25, 0.3) is 0 Å². The first kappa shape index (κ1) is 18.9. The lowest BCUT2D eigenvalue weighted by molar-refractivity contribution is -0.138. The van der Waals surface area contributed by atoms with Crippen LogP contribution in [0.5, 0.6) is 0 Å². The maximum Gasteiger partial charge on any atom is 0.416 e. The highest BCUT2D eigenvalue weighted by molar-refractivity contribution is 6.31. The number of alkyl halides is 3. The number of nitrogens with one attached hydrogen (secondary N) is 1. The van der Waals surface area contributed by atoms with E-state index in [1.54, 1.807) is 0 Å². The summed E-state index contributed by atoms with van der Waals surface area (Å²) in [5, 5.41) is 6.36. The van der Waals surface area contributed by atoms with E-state index in [1.165, 1.54) is 47.3 Å². The number of nitrogens with zero attached hydrogens (tertiary/aromatic N) is 2. The van der Waals surface area contributed by atoms with Crippen molar-refractivity contribution in [3.8, 4) is 0 Å². The van der Waals surface area contributed by atoms with Crippen LogP contribution < -0.4 is 5.32 Å². The van der Waals surface area contributed by atoms with E-state index in [2.05, 4.69) is 10.4 Å². The Labute approximate surface area is 156 Å². The number of carbonyl (C=O) groups excluding carboxylic acids is 1. The average molecular weight is 398 g/mol. The summed E-state index contributed by atoms with van der Waals surface area (Å²) < 4.78 is 54.3. The molecule has 140 valence electrons. The lowest BCUT2D eigenvalue weighted by Gasteiger charge is -2.14. The van der Waals surface area contributed by atoms with Crippen molar-refractivity contribution in [1.29, 1.82) is 0 Å². The van der Waals surface area contributed by atoms with Gasteiger partial charge in [0.2, 0.25) is 0 Å². The van der Waals surface area contributed by atoms with Crippen LogP contribution >= 0.6 is 11.6 Å². The standard InChI is InChI=1S/C18H12ClF4N3O/c19-14-6-3-5-13(18(21,22)23)12(14)10-26-9-8-16(25-26)24-17(27)11-4-1-2-7-15(11)20/h1-9H,10H2,(H,24,25,27). The molecule has 0 atom stereocenters. The summed E-state index contributed by atoms with van der Waals surface area (Å²) >= 11 is 5.92. The highest BCUT2D eigenvalue weighted by Crippen LogP contribution is 2.35. The molecule has 27 heavy (non-hydrogen) atoms. The van der Waals surface area contributed by atoms with Crippen molar-refractivity contribution in [3.63, 3.8) is 0 Å². The summed E-state index contributed by atoms with van der Waals surface area (Å²) in [5.74, 6) is -1.34. The van der Waals surface area contributed by atoms with E-state index in [0.717, 1.165) is 12.1 Å². The van der Waals surface area contributed by atoms with Crippen LogP contribution in [0.1, 0.15) is 21.5 Å². The predicted octanol–water partition coefficient (Wildman–Crippen LogP) is 5.00. The van der Waals surface area contributed by atoms with E-state index < -0.39 is 23.5 Å². The van der Waals surface area contributed by atoms with E-state index >= 15 is 0 Å². The van der Waals surface area contributed by atoms with E-state index in [4.69, 9.17) is 11.6 Å². The van der Waals surface area contributed by atoms with Gasteiger partial charge >= 0.3 is 6.18 Å². The summed E-state index contributed by atoms with van der Waals surface area (Å²) in [6.07, 6.45) is -3.17. The summed E-state index contributed by atoms with van der Waals surface area (Å²) in [5.41, 5.74) is -1.17. The molecule has 1 amide bonds. The van der Waals surface area contributed by atoms with Gasteiger partial charge in [-0.2, -0.15) is 18.3 Å². The number of hydrogen-bond acceptors (Lipinski definition) is 2. The Morgan fingerprint density at radius 2 is 1.85 bits per heavy atom. The molecule has 1 aromatic heterocycles. The molecule has 0 aliphatic rings. The van der Waals surface area contributed by atoms with Crippen LogP contribution in [-0.4, -0.2) is 15.7 Å². The molecule has 9 heteroatoms. The number of amides is 1. The largest absolute Gasteiger partial charge is 0.416 e. The molecule has 0 saturated carbocycles. The molecule has 3 aromatic rings. The summed E-state index contributed by atoms with van der Waals surface area (Å²) in [7, 11) is 0. The van der Waals surface area contributed by atoms with Crippen molar-refractivity contribution >= 4 is 23.3 Å². The van der Waals surface area contributed by atoms with Crippen LogP contribution in [0.2, 0.25) is 5.02 Å². The highest BCUT2D eigenvalue weighted by Gasteiger charge is 2.34. The Hall–Kier alpha value is -2.87. The zero-order valence-electron chi connectivity index (χ0n) is 13.6. The summed E-state index contributed by atoms with van der Waals surface area (Å²) in [6.45, 7) is -0.246. The maximum atomic E-state index is 13.6. The first-order valence-electron chi connectivity index (χ1n) is 7.69. The quantitative estimate of drug-likeness (QED) is 0.630. The Morgan fingerprint density at radius 3 is 2.56 bits per heavy atom. The van der Waals surface area contributed by atoms with Crippen LogP contribution in [0.15, 0.2) is 54.7 Å². The van der Waals surface area contributed by atoms with Gasteiger partial charge in [0.05, 0.1) is 17.7 Å². The molecule has 1 heterocycles. The first-order chi connectivity index (χ1) is 12.8. The molecular formula is C18H12ClF4N3O. The number of rotatable bonds is 4. The van der Waals surface area contributed by atoms with E-state index in [0.29, 0.717) is 0 Å². The molecular weight excluding hydrogens is 386 g/mol. The van der Waals surface area contributed by atoms with Gasteiger partial charge < -0.3 is 5.32 Å². The number of hydrogen-bond donors (Lipinski definition) is 1. The molecule has 0 spiro atoms. The van der Waals surface area contributed by atoms with Crippen molar-refractivity contribution in [2.45, 2.75) is 12.7 Å². The Morgan fingerprint density at radius 1 is 1.11 bits per heavy atom. The van der Waals surface area contributed by atoms with Crippen molar-refractivity contribution in [2.24, 2.45) is 0 Å². The lowest BCUT2D eigenvalue weighted by Crippen LogP contribution is -2.15. The third-order valence-corrected chi connectivity index (χ3v) is 4.10. The van der Waals surface area contributed by atoms with Gasteiger partial charge in [0.25, 0.3) is 5.91 Å². The molecule has 1 N–H and O–H groups in total. The Bertz CT molecular complexity index is 985. The van der Waals surface area contributed by atoms with Gasteiger partial charge in [0, 0.05) is 22.8 Å². The zero-order valence-corrected chi connectivity index (χ0v) is 14.4. The number of benzene rings is 2. The van der Waals surface area contributed by atoms with Gasteiger partial charge in [0.15, 0.2) is 5.82 Å². The Balaban J connectivity index is 1.80. The smallest absolute Gasteiger partial charge is 0.305 e. The number of carbonyl (C=O) groups is 1. The lowest BCUT2D eigenvalue weighted by atomic mass is 10.1. The second kappa shape index (κ2) is 7.40. The molecule has 4 nitrogen and oxygen atoms in total. The van der Waals surface area contributed by atoms with Crippen molar-refractivity contribution in [2.75, 3.05) is 5.32 Å². The number of aromatic nitrogens is 2. The molecule has 0 radical (unpaired) electrons. The Kier molecular flexibility index (Phi) is 5.18. The van der Waals surface area contributed by atoms with Crippen LogP contribution in [0.4, 0.5) is 23.4 Å². The van der Waals surface area contributed by atoms with E-state index in [-0.39, 0.29) is 28.5 Å². The van der Waals surface area contributed by atoms with Gasteiger partial charge in [-0.15, -0.1) is 0 Å². The fourth-order valence-corrected chi connectivity index (χ4v) is 2.73. The van der Waals surface area contributed by atoms with E-state index in [9.17, 15) is 22.4 Å². The number of halogens is 5. The van der Waals surface area contributed by atoms with Gasteiger partial charge in [-0.3, -0.25) is 9.48 Å². The fraction of sp³-hybridized carbons (Fsp3) is 0.111. The molecule has 0 aliphatic heterocycles. The topological polar surface area (TPSA) is 46.9 Å². The second-order valence-electron chi connectivity index (χ2n) is 5.60. The maximum absolute atomic E-state index is 13.6. The molecule has 3 rings (SSSR count). The van der Waals surface area contributed by atoms with Crippen molar-refractivity contribution in [3.05, 3.63) is 82.3 Å². The monoisotopic (exact) mass is 397 g/mol. The normalized spacial score (nSPS) is 11.4. The molecule has 0 bridgehead atoms. The predicted molar refractivity (Wildman–Crippen MR) is 92.1 cm³/mol. The van der Waals surface area contributed by atoms with Crippen LogP contribution in [0, 0.1) is 5.82 Å². The van der Waals surface area contributed by atoms with Gasteiger partial charge in [-0.05, 0) is 24.3 Å². The fourth-order valence-electron chi connectivity index (χ4n) is 2.49. The molecule has 0 fully saturated rings.